The quantitative estimate of drug-likeness (QED) is 0.322. The average molecular weight is 611 g/mol. The van der Waals surface area contributed by atoms with Gasteiger partial charge >= 0.3 is 18.0 Å². The molecule has 41 heavy (non-hydrogen) atoms. The molecule has 1 saturated heterocycles. The van der Waals surface area contributed by atoms with Gasteiger partial charge in [0.15, 0.2) is 9.84 Å². The van der Waals surface area contributed by atoms with Crippen molar-refractivity contribution in [1.82, 2.24) is 4.90 Å². The second kappa shape index (κ2) is 9.84. The van der Waals surface area contributed by atoms with E-state index in [-0.39, 0.29) is 47.9 Å². The number of amides is 1. The molecule has 2 fully saturated rings. The Hall–Kier alpha value is -2.90. The summed E-state index contributed by atoms with van der Waals surface area (Å²) in [6, 6.07) is 4.14. The van der Waals surface area contributed by atoms with Crippen LogP contribution in [0.5, 0.6) is 0 Å². The molecular weight excluding hydrogens is 584 g/mol. The topological polar surface area (TPSA) is 66.5 Å². The first kappa shape index (κ1) is 29.6. The van der Waals surface area contributed by atoms with Gasteiger partial charge in [0.1, 0.15) is 10.6 Å². The van der Waals surface area contributed by atoms with Gasteiger partial charge in [-0.3, -0.25) is 4.79 Å². The van der Waals surface area contributed by atoms with Crippen molar-refractivity contribution in [1.29, 1.82) is 0 Å². The Balaban J connectivity index is 1.68. The number of benzene rings is 2. The molecule has 0 bridgehead atoms. The second-order valence-corrected chi connectivity index (χ2v) is 13.0. The summed E-state index contributed by atoms with van der Waals surface area (Å²) in [5.41, 5.74) is -8.08. The van der Waals surface area contributed by atoms with Gasteiger partial charge in [-0.1, -0.05) is 31.4 Å². The van der Waals surface area contributed by atoms with Gasteiger partial charge in [0.25, 0.3) is 0 Å². The molecule has 1 aliphatic carbocycles. The number of nitrogens with one attached hydrogen (secondary N) is 1. The Morgan fingerprint density at radius 3 is 2.10 bits per heavy atom. The number of anilines is 1. The molecule has 0 radical (unpaired) electrons. The number of rotatable bonds is 4. The van der Waals surface area contributed by atoms with Crippen molar-refractivity contribution in [2.75, 3.05) is 18.4 Å². The van der Waals surface area contributed by atoms with Crippen LogP contribution in [-0.2, 0) is 25.0 Å². The first-order valence-electron chi connectivity index (χ1n) is 13.1. The third kappa shape index (κ3) is 4.38. The number of carbonyl (C=O) groups excluding carboxylic acids is 1. The summed E-state index contributed by atoms with van der Waals surface area (Å²) in [7, 11) is -4.53. The Morgan fingerprint density at radius 2 is 1.51 bits per heavy atom. The molecule has 5 rings (SSSR count). The normalized spacial score (nSPS) is 24.0. The fraction of sp³-hybridized carbons (Fsp3) is 0.519. The van der Waals surface area contributed by atoms with Crippen molar-refractivity contribution in [2.45, 2.75) is 72.2 Å². The molecule has 1 N–H and O–H groups in total. The number of likely N-dealkylation sites (tertiary alicyclic amines) is 1. The summed E-state index contributed by atoms with van der Waals surface area (Å²) < 4.78 is 136. The number of alkyl halides is 7. The summed E-state index contributed by atoms with van der Waals surface area (Å²) in [5.74, 6) is -1.35. The van der Waals surface area contributed by atoms with E-state index in [9.17, 15) is 48.3 Å². The van der Waals surface area contributed by atoms with Crippen LogP contribution in [0.15, 0.2) is 47.4 Å². The number of halogens is 8. The minimum atomic E-state index is -6.36. The smallest absolute Gasteiger partial charge is 0.383 e. The zero-order valence-corrected chi connectivity index (χ0v) is 22.3. The Kier molecular flexibility index (Phi) is 7.10. The molecule has 1 saturated carbocycles. The minimum Gasteiger partial charge on any atom is -0.383 e. The molecule has 14 heteroatoms. The summed E-state index contributed by atoms with van der Waals surface area (Å²) in [6.07, 6.45) is -9.11. The third-order valence-corrected chi connectivity index (χ3v) is 11.2. The average Bonchev–Trinajstić information content (AvgIpc) is 3.33. The van der Waals surface area contributed by atoms with Gasteiger partial charge in [0.05, 0.1) is 10.9 Å². The summed E-state index contributed by atoms with van der Waals surface area (Å²) in [4.78, 5) is 14.7. The maximum Gasteiger partial charge on any atom is 0.435 e. The van der Waals surface area contributed by atoms with Crippen LogP contribution in [0.4, 0.5) is 40.8 Å². The van der Waals surface area contributed by atoms with E-state index in [0.29, 0.717) is 18.9 Å². The van der Waals surface area contributed by atoms with Gasteiger partial charge in [0, 0.05) is 30.3 Å². The molecule has 2 aromatic carbocycles. The van der Waals surface area contributed by atoms with Crippen LogP contribution < -0.4 is 5.32 Å². The standard InChI is InChI=1S/C27H26F8N2O3S/c28-18-7-9-19(10-8-18)41(39,40)24-12-13-37(23(38)16-4-2-1-3-5-16)22(24)15-36-21-14-17(6-11-20(21)24)25(29,26(30,31)32)27(33,34)35/h6-11,14,16,22,36H,1-5,12-13,15H2. The maximum atomic E-state index is 14.9. The van der Waals surface area contributed by atoms with Crippen LogP contribution in [0.2, 0.25) is 0 Å². The highest BCUT2D eigenvalue weighted by molar-refractivity contribution is 7.92. The van der Waals surface area contributed by atoms with Crippen LogP contribution in [-0.4, -0.2) is 50.7 Å². The highest BCUT2D eigenvalue weighted by Crippen LogP contribution is 2.57. The van der Waals surface area contributed by atoms with Crippen molar-refractivity contribution in [2.24, 2.45) is 5.92 Å². The fourth-order valence-corrected chi connectivity index (χ4v) is 8.86. The van der Waals surface area contributed by atoms with Crippen LogP contribution in [0.3, 0.4) is 0 Å². The largest absolute Gasteiger partial charge is 0.435 e. The number of sulfone groups is 1. The van der Waals surface area contributed by atoms with Gasteiger partial charge in [-0.05, 0) is 55.2 Å². The molecule has 3 aliphatic rings. The van der Waals surface area contributed by atoms with Crippen LogP contribution in [0.1, 0.15) is 49.7 Å². The van der Waals surface area contributed by atoms with E-state index in [1.54, 1.807) is 0 Å². The molecule has 2 aromatic rings. The molecular formula is C27H26F8N2O3S. The monoisotopic (exact) mass is 610 g/mol. The zero-order chi connectivity index (χ0) is 30.0. The second-order valence-electron chi connectivity index (χ2n) is 10.8. The number of hydrogen-bond acceptors (Lipinski definition) is 4. The van der Waals surface area contributed by atoms with E-state index in [2.05, 4.69) is 5.32 Å². The molecule has 0 aromatic heterocycles. The molecule has 2 unspecified atom stereocenters. The molecule has 224 valence electrons. The SMILES string of the molecule is O=C(C1CCCCC1)N1CCC2(S(=O)(=O)c3ccc(F)cc3)c3ccc(C(F)(C(F)(F)F)C(F)(F)F)cc3NCC12. The Morgan fingerprint density at radius 1 is 0.902 bits per heavy atom. The van der Waals surface area contributed by atoms with E-state index in [0.717, 1.165) is 49.6 Å². The number of fused-ring (bicyclic) bond motifs is 3. The molecule has 2 aliphatic heterocycles. The van der Waals surface area contributed by atoms with Crippen molar-refractivity contribution in [3.05, 3.63) is 59.4 Å². The van der Waals surface area contributed by atoms with Crippen molar-refractivity contribution in [3.63, 3.8) is 0 Å². The highest BCUT2D eigenvalue weighted by Gasteiger charge is 2.74. The lowest BCUT2D eigenvalue weighted by molar-refractivity contribution is -0.348. The van der Waals surface area contributed by atoms with E-state index in [1.165, 1.54) is 4.90 Å². The predicted octanol–water partition coefficient (Wildman–Crippen LogP) is 6.39. The van der Waals surface area contributed by atoms with Gasteiger partial charge < -0.3 is 10.2 Å². The van der Waals surface area contributed by atoms with E-state index >= 15 is 0 Å². The first-order chi connectivity index (χ1) is 19.1. The van der Waals surface area contributed by atoms with Crippen molar-refractivity contribution < 1.29 is 48.3 Å². The third-order valence-electron chi connectivity index (χ3n) is 8.62. The first-order valence-corrected chi connectivity index (χ1v) is 14.6. The van der Waals surface area contributed by atoms with Gasteiger partial charge in [-0.25, -0.2) is 17.2 Å². The van der Waals surface area contributed by atoms with Crippen molar-refractivity contribution >= 4 is 21.4 Å². The van der Waals surface area contributed by atoms with Gasteiger partial charge in [-0.2, -0.15) is 26.3 Å². The lowest BCUT2D eigenvalue weighted by atomic mass is 9.83. The fourth-order valence-electron chi connectivity index (χ4n) is 6.55. The molecule has 2 heterocycles. The van der Waals surface area contributed by atoms with Gasteiger partial charge in [-0.15, -0.1) is 0 Å². The number of hydrogen-bond donors (Lipinski definition) is 1. The Labute approximate surface area is 230 Å². The Bertz CT molecular complexity index is 1420. The highest BCUT2D eigenvalue weighted by atomic mass is 32.2. The van der Waals surface area contributed by atoms with Gasteiger partial charge in [0.2, 0.25) is 5.91 Å². The van der Waals surface area contributed by atoms with E-state index in [4.69, 9.17) is 0 Å². The molecule has 5 nitrogen and oxygen atoms in total. The zero-order valence-electron chi connectivity index (χ0n) is 21.5. The molecule has 2 atom stereocenters. The lowest BCUT2D eigenvalue weighted by Gasteiger charge is -2.44. The molecule has 1 amide bonds. The van der Waals surface area contributed by atoms with Crippen LogP contribution >= 0.6 is 0 Å². The minimum absolute atomic E-state index is 0.0402. The summed E-state index contributed by atoms with van der Waals surface area (Å²) in [6.45, 7) is -0.367. The predicted molar refractivity (Wildman–Crippen MR) is 132 cm³/mol. The lowest BCUT2D eigenvalue weighted by Crippen LogP contribution is -2.56. The van der Waals surface area contributed by atoms with E-state index in [1.807, 2.05) is 0 Å². The molecule has 0 spiro atoms. The van der Waals surface area contributed by atoms with Crippen molar-refractivity contribution in [3.8, 4) is 0 Å². The van der Waals surface area contributed by atoms with Crippen LogP contribution in [0, 0.1) is 11.7 Å². The number of nitrogens with zero attached hydrogens (tertiary/aromatic N) is 1. The maximum absolute atomic E-state index is 14.9. The summed E-state index contributed by atoms with van der Waals surface area (Å²) in [5, 5.41) is 2.67. The number of carbonyl (C=O) groups is 1. The van der Waals surface area contributed by atoms with Crippen LogP contribution in [0.25, 0.3) is 0 Å². The van der Waals surface area contributed by atoms with E-state index < -0.39 is 55.7 Å². The summed E-state index contributed by atoms with van der Waals surface area (Å²) >= 11 is 0.